The number of hydrogen-bond donors (Lipinski definition) is 3. The molecule has 2 aliphatic carbocycles. The van der Waals surface area contributed by atoms with E-state index in [0.717, 1.165) is 47.9 Å². The summed E-state index contributed by atoms with van der Waals surface area (Å²) < 4.78 is 5.55. The van der Waals surface area contributed by atoms with Gasteiger partial charge in [0.15, 0.2) is 0 Å². The Labute approximate surface area is 199 Å². The SMILES string of the molecule is CC(NC(=O)C(CCC(=O)O)NC(=O)OCC1c2ccccc2-c2ccccc21)C1CCCC1. The molecule has 0 heterocycles. The third-order valence-electron chi connectivity index (χ3n) is 7.08. The maximum atomic E-state index is 12.9. The first-order valence-electron chi connectivity index (χ1n) is 12.1. The number of carbonyl (C=O) groups excluding carboxylic acids is 2. The highest BCUT2D eigenvalue weighted by Gasteiger charge is 2.31. The molecule has 2 unspecified atom stereocenters. The average Bonchev–Trinajstić information content (AvgIpc) is 3.47. The van der Waals surface area contributed by atoms with Gasteiger partial charge in [-0.05, 0) is 54.4 Å². The maximum Gasteiger partial charge on any atom is 0.407 e. The van der Waals surface area contributed by atoms with Gasteiger partial charge in [-0.2, -0.15) is 0 Å². The second kappa shape index (κ2) is 10.7. The van der Waals surface area contributed by atoms with Gasteiger partial charge in [0.05, 0.1) is 0 Å². The molecule has 2 aromatic carbocycles. The Bertz CT molecular complexity index is 1000. The molecule has 0 aromatic heterocycles. The number of hydrogen-bond acceptors (Lipinski definition) is 4. The van der Waals surface area contributed by atoms with Crippen molar-refractivity contribution < 1.29 is 24.2 Å². The molecule has 1 saturated carbocycles. The van der Waals surface area contributed by atoms with Gasteiger partial charge in [0.2, 0.25) is 5.91 Å². The third kappa shape index (κ3) is 5.41. The molecule has 2 atom stereocenters. The quantitative estimate of drug-likeness (QED) is 0.508. The zero-order valence-corrected chi connectivity index (χ0v) is 19.5. The summed E-state index contributed by atoms with van der Waals surface area (Å²) in [5.74, 6) is -1.06. The van der Waals surface area contributed by atoms with Gasteiger partial charge >= 0.3 is 12.1 Å². The number of benzene rings is 2. The highest BCUT2D eigenvalue weighted by Crippen LogP contribution is 2.44. The summed E-state index contributed by atoms with van der Waals surface area (Å²) >= 11 is 0. The van der Waals surface area contributed by atoms with Crippen molar-refractivity contribution in [1.29, 1.82) is 0 Å². The molecule has 2 amide bonds. The molecular weight excluding hydrogens is 432 g/mol. The average molecular weight is 465 g/mol. The molecule has 0 radical (unpaired) electrons. The van der Waals surface area contributed by atoms with Gasteiger partial charge in [0.25, 0.3) is 0 Å². The fourth-order valence-electron chi connectivity index (χ4n) is 5.22. The predicted molar refractivity (Wildman–Crippen MR) is 128 cm³/mol. The lowest BCUT2D eigenvalue weighted by Crippen LogP contribution is -2.50. The number of carboxylic acid groups (broad SMARTS) is 1. The molecule has 3 N–H and O–H groups in total. The van der Waals surface area contributed by atoms with Crippen molar-refractivity contribution in [3.63, 3.8) is 0 Å². The second-order valence-electron chi connectivity index (χ2n) is 9.30. The highest BCUT2D eigenvalue weighted by molar-refractivity contribution is 5.86. The number of nitrogens with one attached hydrogen (secondary N) is 2. The molecule has 4 rings (SSSR count). The maximum absolute atomic E-state index is 12.9. The van der Waals surface area contributed by atoms with Crippen LogP contribution in [0.5, 0.6) is 0 Å². The van der Waals surface area contributed by atoms with Crippen molar-refractivity contribution in [2.75, 3.05) is 6.61 Å². The van der Waals surface area contributed by atoms with E-state index in [-0.39, 0.29) is 37.3 Å². The van der Waals surface area contributed by atoms with Gasteiger partial charge in [0, 0.05) is 18.4 Å². The summed E-state index contributed by atoms with van der Waals surface area (Å²) in [5, 5.41) is 14.7. The molecule has 2 aromatic rings. The van der Waals surface area contributed by atoms with Crippen LogP contribution in [-0.2, 0) is 14.3 Å². The number of rotatable bonds is 9. The molecule has 7 heteroatoms. The van der Waals surface area contributed by atoms with E-state index in [1.165, 1.54) is 0 Å². The number of carbonyl (C=O) groups is 3. The van der Waals surface area contributed by atoms with Crippen LogP contribution in [0.4, 0.5) is 4.79 Å². The lowest BCUT2D eigenvalue weighted by Gasteiger charge is -2.24. The second-order valence-corrected chi connectivity index (χ2v) is 9.30. The Morgan fingerprint density at radius 2 is 1.56 bits per heavy atom. The zero-order chi connectivity index (χ0) is 24.1. The lowest BCUT2D eigenvalue weighted by molar-refractivity contribution is -0.137. The van der Waals surface area contributed by atoms with Crippen molar-refractivity contribution in [3.05, 3.63) is 59.7 Å². The van der Waals surface area contributed by atoms with Crippen LogP contribution in [0.25, 0.3) is 11.1 Å². The highest BCUT2D eigenvalue weighted by atomic mass is 16.5. The molecule has 180 valence electrons. The van der Waals surface area contributed by atoms with Crippen LogP contribution >= 0.6 is 0 Å². The molecule has 0 aliphatic heterocycles. The van der Waals surface area contributed by atoms with Crippen LogP contribution < -0.4 is 10.6 Å². The van der Waals surface area contributed by atoms with E-state index in [4.69, 9.17) is 9.84 Å². The number of aliphatic carboxylic acids is 1. The first kappa shape index (κ1) is 23.8. The minimum atomic E-state index is -1.02. The molecule has 2 aliphatic rings. The smallest absolute Gasteiger partial charge is 0.407 e. The van der Waals surface area contributed by atoms with Crippen LogP contribution in [0.1, 0.15) is 62.5 Å². The van der Waals surface area contributed by atoms with Crippen LogP contribution in [0.2, 0.25) is 0 Å². The number of carboxylic acids is 1. The van der Waals surface area contributed by atoms with Crippen molar-refractivity contribution in [3.8, 4) is 11.1 Å². The Morgan fingerprint density at radius 1 is 0.971 bits per heavy atom. The van der Waals surface area contributed by atoms with Crippen molar-refractivity contribution >= 4 is 18.0 Å². The Balaban J connectivity index is 1.38. The van der Waals surface area contributed by atoms with Gasteiger partial charge < -0.3 is 20.5 Å². The lowest BCUT2D eigenvalue weighted by atomic mass is 9.98. The monoisotopic (exact) mass is 464 g/mol. The topological polar surface area (TPSA) is 105 Å². The van der Waals surface area contributed by atoms with Gasteiger partial charge in [-0.15, -0.1) is 0 Å². The number of amides is 2. The van der Waals surface area contributed by atoms with E-state index in [2.05, 4.69) is 22.8 Å². The Hall–Kier alpha value is -3.35. The number of fused-ring (bicyclic) bond motifs is 3. The van der Waals surface area contributed by atoms with Crippen molar-refractivity contribution in [2.24, 2.45) is 5.92 Å². The van der Waals surface area contributed by atoms with Gasteiger partial charge in [-0.1, -0.05) is 61.4 Å². The largest absolute Gasteiger partial charge is 0.481 e. The summed E-state index contributed by atoms with van der Waals surface area (Å²) in [7, 11) is 0. The Morgan fingerprint density at radius 3 is 2.15 bits per heavy atom. The summed E-state index contributed by atoms with van der Waals surface area (Å²) in [4.78, 5) is 36.6. The summed E-state index contributed by atoms with van der Waals surface area (Å²) in [5.41, 5.74) is 4.46. The van der Waals surface area contributed by atoms with Gasteiger partial charge in [0.1, 0.15) is 12.6 Å². The first-order valence-corrected chi connectivity index (χ1v) is 12.1. The summed E-state index contributed by atoms with van der Waals surface area (Å²) in [6.45, 7) is 2.10. The van der Waals surface area contributed by atoms with E-state index >= 15 is 0 Å². The molecule has 0 saturated heterocycles. The van der Waals surface area contributed by atoms with Crippen molar-refractivity contribution in [1.82, 2.24) is 10.6 Å². The molecule has 7 nitrogen and oxygen atoms in total. The first-order chi connectivity index (χ1) is 16.4. The third-order valence-corrected chi connectivity index (χ3v) is 7.08. The molecule has 1 fully saturated rings. The van der Waals surface area contributed by atoms with E-state index in [0.29, 0.717) is 5.92 Å². The normalized spacial score (nSPS) is 16.9. The minimum Gasteiger partial charge on any atom is -0.481 e. The van der Waals surface area contributed by atoms with E-state index < -0.39 is 18.1 Å². The zero-order valence-electron chi connectivity index (χ0n) is 19.5. The van der Waals surface area contributed by atoms with E-state index in [1.807, 2.05) is 43.3 Å². The van der Waals surface area contributed by atoms with Crippen LogP contribution in [0.3, 0.4) is 0 Å². The van der Waals surface area contributed by atoms with Crippen LogP contribution in [0.15, 0.2) is 48.5 Å². The van der Waals surface area contributed by atoms with E-state index in [9.17, 15) is 14.4 Å². The number of alkyl carbamates (subject to hydrolysis) is 1. The van der Waals surface area contributed by atoms with Gasteiger partial charge in [-0.3, -0.25) is 9.59 Å². The summed E-state index contributed by atoms with van der Waals surface area (Å²) in [6, 6.07) is 15.1. The molecule has 34 heavy (non-hydrogen) atoms. The fourth-order valence-corrected chi connectivity index (χ4v) is 5.22. The van der Waals surface area contributed by atoms with Crippen molar-refractivity contribution in [2.45, 2.75) is 63.5 Å². The number of ether oxygens (including phenoxy) is 1. The van der Waals surface area contributed by atoms with Crippen LogP contribution in [-0.4, -0.2) is 41.8 Å². The molecule has 0 spiro atoms. The molecule has 0 bridgehead atoms. The summed E-state index contributed by atoms with van der Waals surface area (Å²) in [6.07, 6.45) is 3.52. The predicted octanol–water partition coefficient (Wildman–Crippen LogP) is 4.45. The molecular formula is C27H32N2O5. The van der Waals surface area contributed by atoms with E-state index in [1.54, 1.807) is 0 Å². The van der Waals surface area contributed by atoms with Crippen LogP contribution in [0, 0.1) is 5.92 Å². The standard InChI is InChI=1S/C27H32N2O5/c1-17(18-8-2-3-9-18)28-26(32)24(14-15-25(30)31)29-27(33)34-16-23-21-12-6-4-10-19(21)20-11-5-7-13-22(20)23/h4-7,10-13,17-18,23-24H,2-3,8-9,14-16H2,1H3,(H,28,32)(H,29,33)(H,30,31). The minimum absolute atomic E-state index is 0.00273. The Kier molecular flexibility index (Phi) is 7.50. The fraction of sp³-hybridized carbons (Fsp3) is 0.444. The van der Waals surface area contributed by atoms with Gasteiger partial charge in [-0.25, -0.2) is 4.79 Å².